The molecular formula is C27H30F3N5O. The van der Waals surface area contributed by atoms with Crippen molar-refractivity contribution in [3.05, 3.63) is 59.8 Å². The maximum Gasteiger partial charge on any atom is 0.265 e. The van der Waals surface area contributed by atoms with Gasteiger partial charge in [-0.3, -0.25) is 14.8 Å². The summed E-state index contributed by atoms with van der Waals surface area (Å²) >= 11 is 0. The third-order valence-electron chi connectivity index (χ3n) is 7.31. The minimum atomic E-state index is -2.80. The van der Waals surface area contributed by atoms with Crippen molar-refractivity contribution in [3.63, 3.8) is 0 Å². The molecule has 0 unspecified atom stereocenters. The first-order chi connectivity index (χ1) is 17.2. The number of piperidine rings is 1. The normalized spacial score (nSPS) is 24.0. The first-order valence-corrected chi connectivity index (χ1v) is 12.4. The van der Waals surface area contributed by atoms with Gasteiger partial charge in [-0.05, 0) is 67.3 Å². The number of amides is 1. The van der Waals surface area contributed by atoms with Crippen LogP contribution in [0.5, 0.6) is 0 Å². The van der Waals surface area contributed by atoms with Gasteiger partial charge in [0.25, 0.3) is 11.8 Å². The lowest BCUT2D eigenvalue weighted by molar-refractivity contribution is -0.0116. The Labute approximate surface area is 208 Å². The van der Waals surface area contributed by atoms with Gasteiger partial charge in [0, 0.05) is 30.6 Å². The second-order valence-corrected chi connectivity index (χ2v) is 10.3. The summed E-state index contributed by atoms with van der Waals surface area (Å²) in [6.07, 6.45) is 7.71. The number of aromatic nitrogens is 2. The first kappa shape index (κ1) is 24.5. The number of pyridine rings is 2. The SMILES string of the molecule is C[C@@H]1C[C@H](N)C[C@H](c2ccncc2NC(=O)c2ccc(F)c3cc(N4CCCC(F)(F)C4)cnc23)C1. The fraction of sp³-hybridized carbons (Fsp3) is 0.444. The van der Waals surface area contributed by atoms with E-state index in [0.29, 0.717) is 30.3 Å². The van der Waals surface area contributed by atoms with Gasteiger partial charge in [-0.25, -0.2) is 13.2 Å². The highest BCUT2D eigenvalue weighted by atomic mass is 19.3. The highest BCUT2D eigenvalue weighted by molar-refractivity contribution is 6.12. The molecule has 0 radical (unpaired) electrons. The number of hydrogen-bond acceptors (Lipinski definition) is 5. The van der Waals surface area contributed by atoms with Gasteiger partial charge in [-0.2, -0.15) is 0 Å². The van der Waals surface area contributed by atoms with Crippen molar-refractivity contribution in [2.45, 2.75) is 56.9 Å². The molecule has 190 valence electrons. The molecule has 2 aliphatic rings. The van der Waals surface area contributed by atoms with E-state index in [0.717, 1.165) is 24.8 Å². The maximum atomic E-state index is 14.8. The maximum absolute atomic E-state index is 14.8. The van der Waals surface area contributed by atoms with Crippen molar-refractivity contribution >= 4 is 28.2 Å². The first-order valence-electron chi connectivity index (χ1n) is 12.4. The van der Waals surface area contributed by atoms with Gasteiger partial charge < -0.3 is 16.0 Å². The molecule has 6 nitrogen and oxygen atoms in total. The number of fused-ring (bicyclic) bond motifs is 1. The number of carbonyl (C=O) groups excluding carboxylic acids is 1. The highest BCUT2D eigenvalue weighted by Gasteiger charge is 2.35. The number of halogens is 3. The topological polar surface area (TPSA) is 84.1 Å². The number of anilines is 2. The van der Waals surface area contributed by atoms with Crippen LogP contribution in [-0.4, -0.2) is 40.9 Å². The van der Waals surface area contributed by atoms with Gasteiger partial charge >= 0.3 is 0 Å². The summed E-state index contributed by atoms with van der Waals surface area (Å²) < 4.78 is 42.6. The average Bonchev–Trinajstić information content (AvgIpc) is 2.83. The highest BCUT2D eigenvalue weighted by Crippen LogP contribution is 2.38. The van der Waals surface area contributed by atoms with Crippen molar-refractivity contribution in [2.24, 2.45) is 11.7 Å². The van der Waals surface area contributed by atoms with E-state index < -0.39 is 24.2 Å². The Morgan fingerprint density at radius 3 is 2.81 bits per heavy atom. The van der Waals surface area contributed by atoms with Gasteiger partial charge in [0.15, 0.2) is 0 Å². The quantitative estimate of drug-likeness (QED) is 0.498. The van der Waals surface area contributed by atoms with E-state index in [9.17, 15) is 18.0 Å². The summed E-state index contributed by atoms with van der Waals surface area (Å²) in [6.45, 7) is 2.19. The van der Waals surface area contributed by atoms with E-state index in [1.165, 1.54) is 29.3 Å². The molecular weight excluding hydrogens is 467 g/mol. The fourth-order valence-corrected chi connectivity index (χ4v) is 5.68. The van der Waals surface area contributed by atoms with Crippen LogP contribution in [0.4, 0.5) is 24.5 Å². The third kappa shape index (κ3) is 5.02. The van der Waals surface area contributed by atoms with Crippen LogP contribution in [-0.2, 0) is 0 Å². The average molecular weight is 498 g/mol. The Bertz CT molecular complexity index is 1270. The number of alkyl halides is 2. The summed E-state index contributed by atoms with van der Waals surface area (Å²) in [4.78, 5) is 23.4. The van der Waals surface area contributed by atoms with Crippen molar-refractivity contribution in [3.8, 4) is 0 Å². The number of nitrogens with two attached hydrogens (primary N) is 1. The Kier molecular flexibility index (Phi) is 6.59. The zero-order chi connectivity index (χ0) is 25.4. The smallest absolute Gasteiger partial charge is 0.265 e. The van der Waals surface area contributed by atoms with Crippen molar-refractivity contribution in [2.75, 3.05) is 23.3 Å². The third-order valence-corrected chi connectivity index (χ3v) is 7.31. The van der Waals surface area contributed by atoms with Crippen molar-refractivity contribution in [1.82, 2.24) is 9.97 Å². The molecule has 3 N–H and O–H groups in total. The fourth-order valence-electron chi connectivity index (χ4n) is 5.68. The molecule has 3 atom stereocenters. The Balaban J connectivity index is 1.44. The molecule has 1 aromatic carbocycles. The van der Waals surface area contributed by atoms with E-state index in [-0.39, 0.29) is 34.8 Å². The van der Waals surface area contributed by atoms with Crippen molar-refractivity contribution in [1.29, 1.82) is 0 Å². The van der Waals surface area contributed by atoms with Crippen LogP contribution < -0.4 is 16.0 Å². The van der Waals surface area contributed by atoms with Crippen LogP contribution in [0.15, 0.2) is 42.9 Å². The minimum Gasteiger partial charge on any atom is -0.364 e. The predicted molar refractivity (Wildman–Crippen MR) is 134 cm³/mol. The molecule has 1 aliphatic heterocycles. The van der Waals surface area contributed by atoms with Gasteiger partial charge in [0.05, 0.1) is 41.4 Å². The standard InChI is InChI=1S/C27H30F3N5O/c1-16-9-17(11-18(31)10-16)20-5-7-32-14-24(20)34-26(36)21-3-4-23(28)22-12-19(13-33-25(21)22)35-8-2-6-27(29,30)15-35/h3-5,7,12-14,16-18H,2,6,8-11,15,31H2,1H3,(H,34,36)/t16-,17+,18-/m0/s1. The summed E-state index contributed by atoms with van der Waals surface area (Å²) in [6, 6.07) is 6.11. The molecule has 3 heterocycles. The number of benzene rings is 1. The lowest BCUT2D eigenvalue weighted by Gasteiger charge is -2.34. The number of nitrogens with one attached hydrogen (secondary N) is 1. The zero-order valence-corrected chi connectivity index (χ0v) is 20.2. The molecule has 9 heteroatoms. The van der Waals surface area contributed by atoms with E-state index >= 15 is 0 Å². The van der Waals surface area contributed by atoms with E-state index in [1.807, 2.05) is 6.07 Å². The molecule has 1 saturated heterocycles. The zero-order valence-electron chi connectivity index (χ0n) is 20.2. The van der Waals surface area contributed by atoms with Crippen LogP contribution >= 0.6 is 0 Å². The molecule has 1 amide bonds. The summed E-state index contributed by atoms with van der Waals surface area (Å²) in [5, 5.41) is 3.06. The van der Waals surface area contributed by atoms with Gasteiger partial charge in [0.1, 0.15) is 5.82 Å². The molecule has 2 fully saturated rings. The van der Waals surface area contributed by atoms with Gasteiger partial charge in [0.2, 0.25) is 0 Å². The lowest BCUT2D eigenvalue weighted by Crippen LogP contribution is -2.42. The molecule has 0 spiro atoms. The van der Waals surface area contributed by atoms with E-state index in [1.54, 1.807) is 12.4 Å². The second kappa shape index (κ2) is 9.69. The van der Waals surface area contributed by atoms with E-state index in [4.69, 9.17) is 5.73 Å². The largest absolute Gasteiger partial charge is 0.364 e. The number of hydrogen-bond donors (Lipinski definition) is 2. The summed E-state index contributed by atoms with van der Waals surface area (Å²) in [7, 11) is 0. The molecule has 1 aliphatic carbocycles. The molecule has 2 aromatic heterocycles. The van der Waals surface area contributed by atoms with Gasteiger partial charge in [-0.1, -0.05) is 6.92 Å². The van der Waals surface area contributed by atoms with Crippen LogP contribution in [0, 0.1) is 11.7 Å². The minimum absolute atomic E-state index is 0.106. The van der Waals surface area contributed by atoms with Crippen LogP contribution in [0.3, 0.4) is 0 Å². The second-order valence-electron chi connectivity index (χ2n) is 10.3. The molecule has 0 bridgehead atoms. The van der Waals surface area contributed by atoms with E-state index in [2.05, 4.69) is 22.2 Å². The lowest BCUT2D eigenvalue weighted by atomic mass is 9.76. The Morgan fingerprint density at radius 2 is 2.03 bits per heavy atom. The molecule has 1 saturated carbocycles. The monoisotopic (exact) mass is 497 g/mol. The number of carbonyl (C=O) groups is 1. The summed E-state index contributed by atoms with van der Waals surface area (Å²) in [5.41, 5.74) is 8.63. The Morgan fingerprint density at radius 1 is 1.19 bits per heavy atom. The van der Waals surface area contributed by atoms with Crippen LogP contribution in [0.2, 0.25) is 0 Å². The number of rotatable bonds is 4. The van der Waals surface area contributed by atoms with Gasteiger partial charge in [-0.15, -0.1) is 0 Å². The predicted octanol–water partition coefficient (Wildman–Crippen LogP) is 5.49. The molecule has 36 heavy (non-hydrogen) atoms. The molecule has 3 aromatic rings. The van der Waals surface area contributed by atoms with Crippen LogP contribution in [0.1, 0.15) is 60.9 Å². The molecule has 5 rings (SSSR count). The Hall–Kier alpha value is -3.20. The number of nitrogens with zero attached hydrogens (tertiary/aromatic N) is 3. The van der Waals surface area contributed by atoms with Crippen molar-refractivity contribution < 1.29 is 18.0 Å². The van der Waals surface area contributed by atoms with Crippen LogP contribution in [0.25, 0.3) is 10.9 Å². The summed E-state index contributed by atoms with van der Waals surface area (Å²) in [5.74, 6) is -3.11.